The fourth-order valence-corrected chi connectivity index (χ4v) is 3.40. The summed E-state index contributed by atoms with van der Waals surface area (Å²) < 4.78 is 4.84. The van der Waals surface area contributed by atoms with Crippen molar-refractivity contribution < 1.29 is 9.53 Å². The SMILES string of the molecule is COC(=O)[C@@H]1C[C@@H]2C=C[C@H]1C21CC1. The van der Waals surface area contributed by atoms with E-state index >= 15 is 0 Å². The molecule has 1 spiro atoms. The maximum atomic E-state index is 11.5. The minimum atomic E-state index is 0.00289. The third-order valence-electron chi connectivity index (χ3n) is 4.23. The number of hydrogen-bond donors (Lipinski definition) is 0. The number of hydrogen-bond acceptors (Lipinski definition) is 2. The van der Waals surface area contributed by atoms with Crippen molar-refractivity contribution in [3.05, 3.63) is 12.2 Å². The van der Waals surface area contributed by atoms with Gasteiger partial charge in [-0.15, -0.1) is 0 Å². The summed E-state index contributed by atoms with van der Waals surface area (Å²) in [6, 6.07) is 0. The molecule has 3 aliphatic carbocycles. The van der Waals surface area contributed by atoms with E-state index < -0.39 is 0 Å². The molecule has 0 saturated heterocycles. The first-order chi connectivity index (χ1) is 6.28. The molecule has 70 valence electrons. The standard InChI is InChI=1S/C11H14O2/c1-13-10(12)8-6-7-2-3-9(8)11(7)4-5-11/h2-3,7-9H,4-6H2,1H3/t7-,8+,9+/m0/s1. The average Bonchev–Trinajstić information content (AvgIpc) is 2.82. The predicted octanol–water partition coefficient (Wildman–Crippen LogP) is 1.76. The Labute approximate surface area is 78.0 Å². The lowest BCUT2D eigenvalue weighted by Gasteiger charge is -2.16. The quantitative estimate of drug-likeness (QED) is 0.452. The van der Waals surface area contributed by atoms with Crippen LogP contribution in [-0.4, -0.2) is 13.1 Å². The lowest BCUT2D eigenvalue weighted by Crippen LogP contribution is -2.22. The predicted molar refractivity (Wildman–Crippen MR) is 47.9 cm³/mol. The molecule has 0 aromatic rings. The van der Waals surface area contributed by atoms with Gasteiger partial charge >= 0.3 is 5.97 Å². The topological polar surface area (TPSA) is 26.3 Å². The first-order valence-electron chi connectivity index (χ1n) is 5.04. The van der Waals surface area contributed by atoms with Crippen molar-refractivity contribution in [2.75, 3.05) is 7.11 Å². The van der Waals surface area contributed by atoms with Crippen LogP contribution in [0, 0.1) is 23.2 Å². The van der Waals surface area contributed by atoms with Crippen LogP contribution in [0.4, 0.5) is 0 Å². The molecule has 2 fully saturated rings. The van der Waals surface area contributed by atoms with Gasteiger partial charge in [-0.3, -0.25) is 4.79 Å². The largest absolute Gasteiger partial charge is 0.469 e. The van der Waals surface area contributed by atoms with Crippen molar-refractivity contribution in [3.8, 4) is 0 Å². The fourth-order valence-electron chi connectivity index (χ4n) is 3.40. The summed E-state index contributed by atoms with van der Waals surface area (Å²) >= 11 is 0. The van der Waals surface area contributed by atoms with Crippen molar-refractivity contribution in [1.82, 2.24) is 0 Å². The molecule has 13 heavy (non-hydrogen) atoms. The van der Waals surface area contributed by atoms with Gasteiger partial charge in [0.25, 0.3) is 0 Å². The van der Waals surface area contributed by atoms with Crippen LogP contribution in [0.3, 0.4) is 0 Å². The van der Waals surface area contributed by atoms with Gasteiger partial charge in [0.05, 0.1) is 13.0 Å². The Balaban J connectivity index is 1.89. The van der Waals surface area contributed by atoms with Crippen LogP contribution in [0.1, 0.15) is 19.3 Å². The summed E-state index contributed by atoms with van der Waals surface area (Å²) in [6.45, 7) is 0. The van der Waals surface area contributed by atoms with E-state index in [-0.39, 0.29) is 11.9 Å². The Kier molecular flexibility index (Phi) is 1.27. The Hall–Kier alpha value is -0.790. The van der Waals surface area contributed by atoms with Gasteiger partial charge in [0.1, 0.15) is 0 Å². The highest BCUT2D eigenvalue weighted by atomic mass is 16.5. The molecule has 0 aromatic carbocycles. The minimum absolute atomic E-state index is 0.00289. The van der Waals surface area contributed by atoms with Gasteiger partial charge < -0.3 is 4.74 Å². The number of methoxy groups -OCH3 is 1. The van der Waals surface area contributed by atoms with E-state index in [1.54, 1.807) is 0 Å². The van der Waals surface area contributed by atoms with Crippen molar-refractivity contribution in [2.24, 2.45) is 23.2 Å². The molecule has 0 heterocycles. The lowest BCUT2D eigenvalue weighted by molar-refractivity contribution is -0.146. The molecule has 0 unspecified atom stereocenters. The molecule has 2 bridgehead atoms. The van der Waals surface area contributed by atoms with Gasteiger partial charge in [-0.2, -0.15) is 0 Å². The van der Waals surface area contributed by atoms with E-state index in [0.717, 1.165) is 6.42 Å². The first-order valence-corrected chi connectivity index (χ1v) is 5.04. The highest BCUT2D eigenvalue weighted by Crippen LogP contribution is 2.70. The number of rotatable bonds is 1. The third kappa shape index (κ3) is 0.767. The summed E-state index contributed by atoms with van der Waals surface area (Å²) in [6.07, 6.45) is 8.25. The van der Waals surface area contributed by atoms with Crippen LogP contribution >= 0.6 is 0 Å². The highest BCUT2D eigenvalue weighted by molar-refractivity contribution is 5.74. The molecule has 3 atom stereocenters. The van der Waals surface area contributed by atoms with Crippen molar-refractivity contribution >= 4 is 5.97 Å². The Morgan fingerprint density at radius 1 is 1.46 bits per heavy atom. The first kappa shape index (κ1) is 7.60. The van der Waals surface area contributed by atoms with E-state index in [2.05, 4.69) is 12.2 Å². The van der Waals surface area contributed by atoms with E-state index in [9.17, 15) is 4.79 Å². The van der Waals surface area contributed by atoms with Crippen LogP contribution in [0.15, 0.2) is 12.2 Å². The van der Waals surface area contributed by atoms with Crippen LogP contribution in [0.2, 0.25) is 0 Å². The molecule has 0 aromatic heterocycles. The second-order valence-electron chi connectivity index (χ2n) is 4.62. The summed E-state index contributed by atoms with van der Waals surface area (Å²) in [4.78, 5) is 11.5. The van der Waals surface area contributed by atoms with Gasteiger partial charge in [0.2, 0.25) is 0 Å². The summed E-state index contributed by atoms with van der Waals surface area (Å²) in [5.74, 6) is 1.36. The summed E-state index contributed by atoms with van der Waals surface area (Å²) in [7, 11) is 1.50. The van der Waals surface area contributed by atoms with Gasteiger partial charge in [-0.1, -0.05) is 12.2 Å². The van der Waals surface area contributed by atoms with E-state index in [1.807, 2.05) is 0 Å². The Morgan fingerprint density at radius 3 is 2.77 bits per heavy atom. The summed E-state index contributed by atoms with van der Waals surface area (Å²) in [5.41, 5.74) is 0.513. The van der Waals surface area contributed by atoms with Crippen LogP contribution in [0.5, 0.6) is 0 Å². The van der Waals surface area contributed by atoms with E-state index in [1.165, 1.54) is 20.0 Å². The number of carbonyl (C=O) groups excluding carboxylic acids is 1. The number of allylic oxidation sites excluding steroid dienone is 2. The van der Waals surface area contributed by atoms with Crippen LogP contribution in [0.25, 0.3) is 0 Å². The second-order valence-corrected chi connectivity index (χ2v) is 4.62. The number of ether oxygens (including phenoxy) is 1. The van der Waals surface area contributed by atoms with Crippen molar-refractivity contribution in [2.45, 2.75) is 19.3 Å². The van der Waals surface area contributed by atoms with Gasteiger partial charge in [-0.05, 0) is 36.5 Å². The Morgan fingerprint density at radius 2 is 2.23 bits per heavy atom. The lowest BCUT2D eigenvalue weighted by atomic mass is 9.89. The molecule has 0 N–H and O–H groups in total. The maximum absolute atomic E-state index is 11.5. The number of carbonyl (C=O) groups is 1. The molecular formula is C11H14O2. The average molecular weight is 178 g/mol. The zero-order valence-electron chi connectivity index (χ0n) is 7.82. The smallest absolute Gasteiger partial charge is 0.309 e. The zero-order valence-corrected chi connectivity index (χ0v) is 7.82. The van der Waals surface area contributed by atoms with Crippen molar-refractivity contribution in [1.29, 1.82) is 0 Å². The third-order valence-corrected chi connectivity index (χ3v) is 4.23. The molecule has 3 rings (SSSR count). The summed E-state index contributed by atoms with van der Waals surface area (Å²) in [5, 5.41) is 0. The van der Waals surface area contributed by atoms with E-state index in [0.29, 0.717) is 17.3 Å². The highest BCUT2D eigenvalue weighted by Gasteiger charge is 2.64. The molecule has 0 aliphatic heterocycles. The second kappa shape index (κ2) is 2.17. The molecule has 2 nitrogen and oxygen atoms in total. The van der Waals surface area contributed by atoms with Crippen molar-refractivity contribution in [3.63, 3.8) is 0 Å². The Bertz CT molecular complexity index is 288. The maximum Gasteiger partial charge on any atom is 0.309 e. The van der Waals surface area contributed by atoms with Crippen LogP contribution < -0.4 is 0 Å². The molecule has 2 heteroatoms. The monoisotopic (exact) mass is 178 g/mol. The molecule has 3 aliphatic rings. The minimum Gasteiger partial charge on any atom is -0.469 e. The molecule has 0 radical (unpaired) electrons. The van der Waals surface area contributed by atoms with E-state index in [4.69, 9.17) is 4.74 Å². The van der Waals surface area contributed by atoms with Crippen LogP contribution in [-0.2, 0) is 9.53 Å². The van der Waals surface area contributed by atoms with Gasteiger partial charge in [-0.25, -0.2) is 0 Å². The fraction of sp³-hybridized carbons (Fsp3) is 0.727. The normalized spacial score (nSPS) is 42.7. The molecular weight excluding hydrogens is 164 g/mol. The molecule has 2 saturated carbocycles. The van der Waals surface area contributed by atoms with Gasteiger partial charge in [0.15, 0.2) is 0 Å². The number of esters is 1. The van der Waals surface area contributed by atoms with Gasteiger partial charge in [0, 0.05) is 0 Å². The molecule has 0 amide bonds. The zero-order chi connectivity index (χ0) is 9.05.